The maximum Gasteiger partial charge on any atom is 0.260 e. The number of methoxy groups -OCH3 is 2. The molecule has 0 amide bonds. The van der Waals surface area contributed by atoms with E-state index < -0.39 is 6.10 Å². The number of ether oxygens (including phenoxy) is 2. The van der Waals surface area contributed by atoms with Crippen LogP contribution in [0.25, 0.3) is 21.3 Å². The zero-order valence-corrected chi connectivity index (χ0v) is 20.2. The van der Waals surface area contributed by atoms with E-state index in [1.54, 1.807) is 14.2 Å². The van der Waals surface area contributed by atoms with Crippen molar-refractivity contribution in [2.24, 2.45) is 0 Å². The number of fused-ring (bicyclic) bond motifs is 1. The summed E-state index contributed by atoms with van der Waals surface area (Å²) < 4.78 is 10.7. The van der Waals surface area contributed by atoms with Gasteiger partial charge in [0.05, 0.1) is 25.1 Å². The number of para-hydroxylation sites is 1. The second-order valence-electron chi connectivity index (χ2n) is 8.05. The van der Waals surface area contributed by atoms with Crippen molar-refractivity contribution in [2.75, 3.05) is 33.9 Å². The zero-order valence-electron chi connectivity index (χ0n) is 19.4. The normalized spacial score (nSPS) is 12.4. The van der Waals surface area contributed by atoms with Crippen LogP contribution in [0.4, 0.5) is 0 Å². The molecule has 1 atom stereocenters. The van der Waals surface area contributed by atoms with E-state index in [0.717, 1.165) is 23.1 Å². The largest absolute Gasteiger partial charge is 0.496 e. The number of aromatic amines is 1. The van der Waals surface area contributed by atoms with Gasteiger partial charge in [0.2, 0.25) is 0 Å². The average Bonchev–Trinajstić information content (AvgIpc) is 3.29. The molecule has 0 aliphatic heterocycles. The summed E-state index contributed by atoms with van der Waals surface area (Å²) in [7, 11) is 3.29. The summed E-state index contributed by atoms with van der Waals surface area (Å²) in [6.07, 6.45) is 0.166. The number of nitrogens with zero attached hydrogens (tertiary/aromatic N) is 2. The number of H-pyrrole nitrogens is 1. The van der Waals surface area contributed by atoms with Crippen LogP contribution in [0.15, 0.2) is 64.8 Å². The molecule has 8 heteroatoms. The van der Waals surface area contributed by atoms with Crippen LogP contribution in [0.5, 0.6) is 5.75 Å². The molecule has 7 nitrogen and oxygen atoms in total. The molecule has 0 aliphatic rings. The molecule has 2 aromatic carbocycles. The van der Waals surface area contributed by atoms with Crippen molar-refractivity contribution in [3.63, 3.8) is 0 Å². The Kier molecular flexibility index (Phi) is 8.08. The number of hydrogen-bond acceptors (Lipinski definition) is 7. The number of nitrogens with one attached hydrogen (secondary N) is 1. The molecule has 2 aromatic heterocycles. The number of aromatic nitrogens is 2. The Morgan fingerprint density at radius 2 is 1.85 bits per heavy atom. The molecular weight excluding hydrogens is 450 g/mol. The Labute approximate surface area is 202 Å². The molecule has 4 aromatic rings. The van der Waals surface area contributed by atoms with E-state index in [9.17, 15) is 9.90 Å². The minimum atomic E-state index is -0.641. The molecule has 0 saturated carbocycles. The van der Waals surface area contributed by atoms with E-state index >= 15 is 0 Å². The molecule has 0 aliphatic carbocycles. The summed E-state index contributed by atoms with van der Waals surface area (Å²) in [5.74, 6) is 1.29. The summed E-state index contributed by atoms with van der Waals surface area (Å²) in [6, 6.07) is 17.2. The average molecular weight is 480 g/mol. The maximum absolute atomic E-state index is 13.1. The number of benzene rings is 2. The van der Waals surface area contributed by atoms with Gasteiger partial charge in [0.15, 0.2) is 0 Å². The van der Waals surface area contributed by atoms with Crippen LogP contribution in [0.2, 0.25) is 0 Å². The Balaban J connectivity index is 1.60. The number of aliphatic hydroxyl groups is 1. The highest BCUT2D eigenvalue weighted by atomic mass is 32.1. The van der Waals surface area contributed by atoms with Gasteiger partial charge in [-0.25, -0.2) is 4.98 Å². The van der Waals surface area contributed by atoms with Crippen molar-refractivity contribution in [1.29, 1.82) is 0 Å². The first-order chi connectivity index (χ1) is 16.6. The van der Waals surface area contributed by atoms with Crippen molar-refractivity contribution >= 4 is 21.6 Å². The smallest absolute Gasteiger partial charge is 0.260 e. The van der Waals surface area contributed by atoms with Crippen LogP contribution in [-0.2, 0) is 11.3 Å². The highest BCUT2D eigenvalue weighted by molar-refractivity contribution is 7.17. The summed E-state index contributed by atoms with van der Waals surface area (Å²) in [5, 5.41) is 13.3. The number of thiophene rings is 1. The molecule has 0 bridgehead atoms. The topological polar surface area (TPSA) is 87.7 Å². The molecule has 34 heavy (non-hydrogen) atoms. The van der Waals surface area contributed by atoms with E-state index in [1.807, 2.05) is 60.0 Å². The van der Waals surface area contributed by atoms with Gasteiger partial charge in [0.25, 0.3) is 5.56 Å². The van der Waals surface area contributed by atoms with Crippen molar-refractivity contribution in [1.82, 2.24) is 14.9 Å². The Hall–Kier alpha value is -3.04. The summed E-state index contributed by atoms with van der Waals surface area (Å²) in [4.78, 5) is 23.6. The van der Waals surface area contributed by atoms with Crippen LogP contribution >= 0.6 is 11.3 Å². The van der Waals surface area contributed by atoms with Gasteiger partial charge in [-0.05, 0) is 18.1 Å². The maximum atomic E-state index is 13.1. The number of aliphatic hydroxyl groups excluding tert-OH is 1. The first kappa shape index (κ1) is 24.1. The van der Waals surface area contributed by atoms with Gasteiger partial charge in [-0.1, -0.05) is 48.5 Å². The van der Waals surface area contributed by atoms with Gasteiger partial charge in [-0.2, -0.15) is 0 Å². The summed E-state index contributed by atoms with van der Waals surface area (Å²) >= 11 is 1.44. The van der Waals surface area contributed by atoms with Gasteiger partial charge < -0.3 is 19.6 Å². The van der Waals surface area contributed by atoms with E-state index in [0.29, 0.717) is 48.0 Å². The molecule has 0 fully saturated rings. The lowest BCUT2D eigenvalue weighted by Gasteiger charge is -2.24. The lowest BCUT2D eigenvalue weighted by Crippen LogP contribution is -2.31. The predicted octanol–water partition coefficient (Wildman–Crippen LogP) is 4.23. The fraction of sp³-hybridized carbons (Fsp3) is 0.308. The minimum absolute atomic E-state index is 0.178. The van der Waals surface area contributed by atoms with Crippen molar-refractivity contribution in [2.45, 2.75) is 19.1 Å². The first-order valence-electron chi connectivity index (χ1n) is 11.2. The molecule has 4 rings (SSSR count). The van der Waals surface area contributed by atoms with Gasteiger partial charge in [0, 0.05) is 43.3 Å². The van der Waals surface area contributed by atoms with Crippen molar-refractivity contribution in [3.8, 4) is 16.9 Å². The highest BCUT2D eigenvalue weighted by Gasteiger charge is 2.18. The van der Waals surface area contributed by atoms with Crippen molar-refractivity contribution < 1.29 is 14.6 Å². The second-order valence-corrected chi connectivity index (χ2v) is 8.91. The minimum Gasteiger partial charge on any atom is -0.496 e. The SMILES string of the molecule is COCCCN(Cc1nc2scc(-c3ccccc3OC)c2c(=O)[nH]1)CC(O)c1ccccc1. The van der Waals surface area contributed by atoms with Crippen LogP contribution < -0.4 is 10.3 Å². The first-order valence-corrected chi connectivity index (χ1v) is 12.1. The Morgan fingerprint density at radius 3 is 2.62 bits per heavy atom. The molecular formula is C26H29N3O4S. The third-order valence-electron chi connectivity index (χ3n) is 5.70. The fourth-order valence-electron chi connectivity index (χ4n) is 4.04. The number of rotatable bonds is 11. The Bertz CT molecular complexity index is 1270. The third kappa shape index (κ3) is 5.53. The van der Waals surface area contributed by atoms with Crippen LogP contribution in [0.1, 0.15) is 23.9 Å². The fourth-order valence-corrected chi connectivity index (χ4v) is 5.00. The lowest BCUT2D eigenvalue weighted by atomic mass is 10.1. The molecule has 0 radical (unpaired) electrons. The standard InChI is InChI=1S/C26H29N3O4S/c1-32-14-8-13-29(15-21(30)18-9-4-3-5-10-18)16-23-27-25(31)24-20(17-34-26(24)28-23)19-11-6-7-12-22(19)33-2/h3-7,9-12,17,21,30H,8,13-16H2,1-2H3,(H,27,28,31). The number of hydrogen-bond donors (Lipinski definition) is 2. The van der Waals surface area contributed by atoms with Crippen LogP contribution in [0.3, 0.4) is 0 Å². The second kappa shape index (κ2) is 11.4. The predicted molar refractivity (Wildman–Crippen MR) is 135 cm³/mol. The van der Waals surface area contributed by atoms with Gasteiger partial charge in [-0.3, -0.25) is 9.69 Å². The quantitative estimate of drug-likeness (QED) is 0.313. The molecule has 0 spiro atoms. The van der Waals surface area contributed by atoms with E-state index in [4.69, 9.17) is 14.5 Å². The van der Waals surface area contributed by atoms with E-state index in [1.165, 1.54) is 11.3 Å². The molecule has 2 heterocycles. The highest BCUT2D eigenvalue weighted by Crippen LogP contribution is 2.36. The summed E-state index contributed by atoms with van der Waals surface area (Å²) in [6.45, 7) is 2.16. The molecule has 1 unspecified atom stereocenters. The van der Waals surface area contributed by atoms with E-state index in [2.05, 4.69) is 9.88 Å². The lowest BCUT2D eigenvalue weighted by molar-refractivity contribution is 0.0981. The third-order valence-corrected chi connectivity index (χ3v) is 6.57. The van der Waals surface area contributed by atoms with Crippen LogP contribution in [0, 0.1) is 0 Å². The van der Waals surface area contributed by atoms with Gasteiger partial charge in [0.1, 0.15) is 16.4 Å². The molecule has 0 saturated heterocycles. The molecule has 178 valence electrons. The van der Waals surface area contributed by atoms with Crippen molar-refractivity contribution in [3.05, 3.63) is 81.7 Å². The van der Waals surface area contributed by atoms with Crippen LogP contribution in [-0.4, -0.2) is 53.9 Å². The summed E-state index contributed by atoms with van der Waals surface area (Å²) in [5.41, 5.74) is 2.36. The van der Waals surface area contributed by atoms with Gasteiger partial charge >= 0.3 is 0 Å². The van der Waals surface area contributed by atoms with E-state index in [-0.39, 0.29) is 5.56 Å². The Morgan fingerprint density at radius 1 is 1.09 bits per heavy atom. The monoisotopic (exact) mass is 479 g/mol. The molecule has 2 N–H and O–H groups in total. The zero-order chi connectivity index (χ0) is 23.9. The van der Waals surface area contributed by atoms with Gasteiger partial charge in [-0.15, -0.1) is 11.3 Å².